The van der Waals surface area contributed by atoms with Crippen LogP contribution >= 0.6 is 12.4 Å². The summed E-state index contributed by atoms with van der Waals surface area (Å²) in [7, 11) is 1.44. The number of carbonyl (C=O) groups is 1. The number of rotatable bonds is 4. The van der Waals surface area contributed by atoms with Gasteiger partial charge in [0.05, 0.1) is 5.56 Å². The Bertz CT molecular complexity index is 532. The van der Waals surface area contributed by atoms with Gasteiger partial charge in [-0.2, -0.15) is 13.2 Å². The average molecular weight is 343 g/mol. The zero-order valence-electron chi connectivity index (χ0n) is 12.5. The van der Waals surface area contributed by atoms with Crippen molar-refractivity contribution >= 4 is 18.3 Å². The van der Waals surface area contributed by atoms with Crippen molar-refractivity contribution in [1.29, 1.82) is 0 Å². The van der Waals surface area contributed by atoms with Crippen LogP contribution in [0.2, 0.25) is 0 Å². The van der Waals surface area contributed by atoms with Crippen LogP contribution < -0.4 is 5.73 Å². The van der Waals surface area contributed by atoms with Gasteiger partial charge in [-0.3, -0.25) is 4.79 Å². The van der Waals surface area contributed by atoms with E-state index in [0.717, 1.165) is 6.07 Å². The zero-order valence-corrected chi connectivity index (χ0v) is 13.3. The van der Waals surface area contributed by atoms with Crippen LogP contribution in [0, 0.1) is 11.2 Å². The minimum atomic E-state index is -4.70. The summed E-state index contributed by atoms with van der Waals surface area (Å²) in [6, 6.07) is 1.81. The number of carbonyl (C=O) groups excluding carboxylic acids is 1. The lowest BCUT2D eigenvalue weighted by Crippen LogP contribution is -2.39. The van der Waals surface area contributed by atoms with E-state index in [1.165, 1.54) is 11.9 Å². The Morgan fingerprint density at radius 2 is 1.77 bits per heavy atom. The van der Waals surface area contributed by atoms with E-state index in [-0.39, 0.29) is 29.9 Å². The third-order valence-corrected chi connectivity index (χ3v) is 3.04. The Morgan fingerprint density at radius 1 is 1.23 bits per heavy atom. The highest BCUT2D eigenvalue weighted by molar-refractivity contribution is 5.94. The van der Waals surface area contributed by atoms with Crippen molar-refractivity contribution in [3.8, 4) is 0 Å². The second kappa shape index (κ2) is 7.28. The second-order valence-corrected chi connectivity index (χ2v) is 5.76. The largest absolute Gasteiger partial charge is 0.416 e. The van der Waals surface area contributed by atoms with Crippen LogP contribution in [-0.2, 0) is 6.18 Å². The van der Waals surface area contributed by atoms with E-state index in [2.05, 4.69) is 0 Å². The molecule has 0 aliphatic rings. The molecular weight excluding hydrogens is 324 g/mol. The third-order valence-electron chi connectivity index (χ3n) is 3.04. The molecule has 0 saturated heterocycles. The summed E-state index contributed by atoms with van der Waals surface area (Å²) in [6.45, 7) is 4.20. The van der Waals surface area contributed by atoms with Crippen LogP contribution in [0.25, 0.3) is 0 Å². The Morgan fingerprint density at radius 3 is 2.23 bits per heavy atom. The molecule has 0 radical (unpaired) electrons. The van der Waals surface area contributed by atoms with Gasteiger partial charge in [0.1, 0.15) is 5.82 Å². The minimum absolute atomic E-state index is 0. The molecule has 0 saturated carbocycles. The fourth-order valence-corrected chi connectivity index (χ4v) is 1.88. The van der Waals surface area contributed by atoms with Gasteiger partial charge in [0, 0.05) is 19.2 Å². The van der Waals surface area contributed by atoms with E-state index in [1.807, 2.05) is 13.8 Å². The highest BCUT2D eigenvalue weighted by Crippen LogP contribution is 2.30. The van der Waals surface area contributed by atoms with E-state index in [0.29, 0.717) is 18.7 Å². The van der Waals surface area contributed by atoms with Crippen LogP contribution in [-0.4, -0.2) is 30.9 Å². The molecule has 0 aromatic heterocycles. The molecule has 0 aliphatic heterocycles. The van der Waals surface area contributed by atoms with E-state index in [4.69, 9.17) is 5.73 Å². The van der Waals surface area contributed by atoms with Crippen molar-refractivity contribution in [3.63, 3.8) is 0 Å². The number of halogens is 5. The molecule has 1 amide bonds. The molecule has 22 heavy (non-hydrogen) atoms. The van der Waals surface area contributed by atoms with Crippen molar-refractivity contribution in [2.75, 3.05) is 20.1 Å². The lowest BCUT2D eigenvalue weighted by Gasteiger charge is -2.29. The van der Waals surface area contributed by atoms with E-state index in [9.17, 15) is 22.4 Å². The van der Waals surface area contributed by atoms with E-state index < -0.39 is 23.5 Å². The molecule has 0 aliphatic carbocycles. The van der Waals surface area contributed by atoms with Gasteiger partial charge in [0.15, 0.2) is 0 Å². The standard InChI is InChI=1S/C14H18F4N2O.ClH/c1-13(2,7-19)8-20(3)12(21)9-4-10(14(16,17)18)6-11(15)5-9;/h4-6H,7-8,19H2,1-3H3;1H. The van der Waals surface area contributed by atoms with Crippen molar-refractivity contribution in [1.82, 2.24) is 4.90 Å². The maximum atomic E-state index is 13.3. The lowest BCUT2D eigenvalue weighted by atomic mass is 9.93. The molecule has 3 nitrogen and oxygen atoms in total. The monoisotopic (exact) mass is 342 g/mol. The smallest absolute Gasteiger partial charge is 0.341 e. The summed E-state index contributed by atoms with van der Waals surface area (Å²) in [5.74, 6) is -1.78. The average Bonchev–Trinajstić information content (AvgIpc) is 2.35. The molecule has 0 atom stereocenters. The van der Waals surface area contributed by atoms with Crippen LogP contribution in [0.15, 0.2) is 18.2 Å². The molecule has 126 valence electrons. The number of benzene rings is 1. The van der Waals surface area contributed by atoms with Crippen LogP contribution in [0.3, 0.4) is 0 Å². The second-order valence-electron chi connectivity index (χ2n) is 5.76. The fourth-order valence-electron chi connectivity index (χ4n) is 1.88. The van der Waals surface area contributed by atoms with Crippen molar-refractivity contribution < 1.29 is 22.4 Å². The summed E-state index contributed by atoms with van der Waals surface area (Å²) in [4.78, 5) is 13.4. The molecule has 0 unspecified atom stereocenters. The van der Waals surface area contributed by atoms with Gasteiger partial charge >= 0.3 is 6.18 Å². The zero-order chi connectivity index (χ0) is 16.4. The predicted octanol–water partition coefficient (Wildman–Crippen LogP) is 3.32. The fraction of sp³-hybridized carbons (Fsp3) is 0.500. The Kier molecular flexibility index (Phi) is 6.84. The minimum Gasteiger partial charge on any atom is -0.341 e. The van der Waals surface area contributed by atoms with Gasteiger partial charge in [-0.25, -0.2) is 4.39 Å². The van der Waals surface area contributed by atoms with Gasteiger partial charge in [-0.05, 0) is 30.2 Å². The Hall–Kier alpha value is -1.34. The molecule has 1 rings (SSSR count). The Balaban J connectivity index is 0.00000441. The first-order valence-corrected chi connectivity index (χ1v) is 6.29. The highest BCUT2D eigenvalue weighted by Gasteiger charge is 2.32. The first kappa shape index (κ1) is 20.7. The van der Waals surface area contributed by atoms with Gasteiger partial charge in [0.25, 0.3) is 5.91 Å². The van der Waals surface area contributed by atoms with Crippen molar-refractivity contribution in [3.05, 3.63) is 35.1 Å². The summed E-state index contributed by atoms with van der Waals surface area (Å²) in [5.41, 5.74) is 3.65. The normalized spacial score (nSPS) is 11.8. The maximum absolute atomic E-state index is 13.3. The summed E-state index contributed by atoms with van der Waals surface area (Å²) in [5, 5.41) is 0. The molecule has 0 heterocycles. The molecular formula is C14H19ClF4N2O. The predicted molar refractivity (Wildman–Crippen MR) is 78.4 cm³/mol. The molecule has 1 aromatic carbocycles. The summed E-state index contributed by atoms with van der Waals surface area (Å²) >= 11 is 0. The number of hydrogen-bond acceptors (Lipinski definition) is 2. The quantitative estimate of drug-likeness (QED) is 0.853. The summed E-state index contributed by atoms with van der Waals surface area (Å²) in [6.07, 6.45) is -4.70. The van der Waals surface area contributed by atoms with E-state index in [1.54, 1.807) is 0 Å². The molecule has 0 bridgehead atoms. The van der Waals surface area contributed by atoms with Crippen LogP contribution in [0.4, 0.5) is 17.6 Å². The topological polar surface area (TPSA) is 46.3 Å². The van der Waals surface area contributed by atoms with Gasteiger partial charge in [0.2, 0.25) is 0 Å². The molecule has 1 aromatic rings. The third kappa shape index (κ3) is 5.46. The van der Waals surface area contributed by atoms with Gasteiger partial charge in [-0.15, -0.1) is 12.4 Å². The van der Waals surface area contributed by atoms with Gasteiger partial charge in [-0.1, -0.05) is 13.8 Å². The Labute approximate surface area is 132 Å². The molecule has 0 spiro atoms. The molecule has 0 fully saturated rings. The van der Waals surface area contributed by atoms with Crippen molar-refractivity contribution in [2.45, 2.75) is 20.0 Å². The number of alkyl halides is 3. The number of hydrogen-bond donors (Lipinski definition) is 1. The number of amides is 1. The maximum Gasteiger partial charge on any atom is 0.416 e. The first-order valence-electron chi connectivity index (χ1n) is 6.29. The molecule has 2 N–H and O–H groups in total. The van der Waals surface area contributed by atoms with Crippen LogP contribution in [0.5, 0.6) is 0 Å². The van der Waals surface area contributed by atoms with Crippen LogP contribution in [0.1, 0.15) is 29.8 Å². The van der Waals surface area contributed by atoms with E-state index >= 15 is 0 Å². The van der Waals surface area contributed by atoms with Crippen molar-refractivity contribution in [2.24, 2.45) is 11.1 Å². The number of nitrogens with two attached hydrogens (primary N) is 1. The van der Waals surface area contributed by atoms with Gasteiger partial charge < -0.3 is 10.6 Å². The first-order chi connectivity index (χ1) is 9.46. The SMILES string of the molecule is CN(CC(C)(C)CN)C(=O)c1cc(F)cc(C(F)(F)F)c1.Cl. The number of nitrogens with zero attached hydrogens (tertiary/aromatic N) is 1. The summed E-state index contributed by atoms with van der Waals surface area (Å²) < 4.78 is 51.2. The lowest BCUT2D eigenvalue weighted by molar-refractivity contribution is -0.137. The molecule has 8 heteroatoms. The highest BCUT2D eigenvalue weighted by atomic mass is 35.5.